The zero-order valence-corrected chi connectivity index (χ0v) is 14.7. The number of thiazole rings is 1. The molecule has 0 aliphatic heterocycles. The molecule has 0 aromatic carbocycles. The average molecular weight is 346 g/mol. The van der Waals surface area contributed by atoms with Gasteiger partial charge in [-0.25, -0.2) is 13.4 Å². The fourth-order valence-corrected chi connectivity index (χ4v) is 5.06. The topological polar surface area (TPSA) is 71.1 Å². The van der Waals surface area contributed by atoms with E-state index in [0.29, 0.717) is 15.9 Å². The summed E-state index contributed by atoms with van der Waals surface area (Å²) in [4.78, 5) is 5.30. The van der Waals surface area contributed by atoms with Crippen molar-refractivity contribution in [1.29, 1.82) is 0 Å². The molecule has 0 saturated heterocycles. The van der Waals surface area contributed by atoms with Gasteiger partial charge in [0.2, 0.25) is 0 Å². The van der Waals surface area contributed by atoms with E-state index < -0.39 is 10.0 Å². The fraction of sp³-hybridized carbons (Fsp3) is 0.462. The molecule has 0 bridgehead atoms. The molecule has 5 nitrogen and oxygen atoms in total. The van der Waals surface area contributed by atoms with Gasteiger partial charge in [-0.05, 0) is 24.6 Å². The largest absolute Gasteiger partial charge is 0.312 e. The first-order chi connectivity index (χ1) is 9.92. The molecule has 0 spiro atoms. The van der Waals surface area contributed by atoms with E-state index in [1.54, 1.807) is 6.07 Å². The van der Waals surface area contributed by atoms with Crippen LogP contribution in [0.1, 0.15) is 37.3 Å². The monoisotopic (exact) mass is 345 g/mol. The molecule has 0 atom stereocenters. The molecule has 2 aromatic rings. The molecule has 0 aliphatic rings. The minimum absolute atomic E-state index is 0.285. The van der Waals surface area contributed by atoms with Gasteiger partial charge in [0.05, 0.1) is 5.69 Å². The Labute approximate surface area is 133 Å². The highest BCUT2D eigenvalue weighted by Crippen LogP contribution is 2.27. The molecule has 0 aliphatic carbocycles. The summed E-state index contributed by atoms with van der Waals surface area (Å²) >= 11 is 2.59. The molecule has 0 unspecified atom stereocenters. The maximum Gasteiger partial charge on any atom is 0.273 e. The summed E-state index contributed by atoms with van der Waals surface area (Å²) in [5.41, 5.74) is 0.900. The number of aromatic nitrogens is 1. The van der Waals surface area contributed by atoms with Crippen LogP contribution < -0.4 is 10.0 Å². The molecule has 116 valence electrons. The number of rotatable bonds is 7. The van der Waals surface area contributed by atoms with Crippen molar-refractivity contribution >= 4 is 37.8 Å². The summed E-state index contributed by atoms with van der Waals surface area (Å²) in [5, 5.41) is 5.48. The van der Waals surface area contributed by atoms with E-state index in [-0.39, 0.29) is 5.92 Å². The van der Waals surface area contributed by atoms with E-state index >= 15 is 0 Å². The minimum Gasteiger partial charge on any atom is -0.312 e. The summed E-state index contributed by atoms with van der Waals surface area (Å²) in [6.45, 7) is 7.61. The third-order valence-corrected chi connectivity index (χ3v) is 6.61. The molecule has 8 heteroatoms. The SMILES string of the molecule is CCNCc1ccc(S(=O)(=O)Nc2nc(C(C)C)cs2)s1. The molecule has 2 heterocycles. The predicted octanol–water partition coefficient (Wildman–Crippen LogP) is 3.24. The van der Waals surface area contributed by atoms with E-state index in [4.69, 9.17) is 0 Å². The Bertz CT molecular complexity index is 689. The van der Waals surface area contributed by atoms with Crippen LogP contribution in [0.3, 0.4) is 0 Å². The first-order valence-electron chi connectivity index (χ1n) is 6.70. The van der Waals surface area contributed by atoms with Crippen LogP contribution in [0.15, 0.2) is 21.7 Å². The fourth-order valence-electron chi connectivity index (χ4n) is 1.61. The number of sulfonamides is 1. The average Bonchev–Trinajstić information content (AvgIpc) is 3.04. The number of anilines is 1. The maximum atomic E-state index is 12.3. The minimum atomic E-state index is -3.54. The molecule has 0 fully saturated rings. The van der Waals surface area contributed by atoms with Gasteiger partial charge in [0, 0.05) is 16.8 Å². The van der Waals surface area contributed by atoms with Crippen LogP contribution in [0.4, 0.5) is 5.13 Å². The Morgan fingerprint density at radius 1 is 1.33 bits per heavy atom. The van der Waals surface area contributed by atoms with Crippen molar-refractivity contribution in [2.75, 3.05) is 11.3 Å². The van der Waals surface area contributed by atoms with Crippen LogP contribution in [0.2, 0.25) is 0 Å². The lowest BCUT2D eigenvalue weighted by Crippen LogP contribution is -2.11. The Morgan fingerprint density at radius 2 is 2.10 bits per heavy atom. The zero-order chi connectivity index (χ0) is 15.5. The lowest BCUT2D eigenvalue weighted by atomic mass is 10.2. The molecule has 0 amide bonds. The summed E-state index contributed by atoms with van der Waals surface area (Å²) < 4.78 is 27.5. The van der Waals surface area contributed by atoms with Crippen LogP contribution in [0.5, 0.6) is 0 Å². The molecule has 2 aromatic heterocycles. The van der Waals surface area contributed by atoms with Gasteiger partial charge < -0.3 is 5.32 Å². The highest BCUT2D eigenvalue weighted by molar-refractivity contribution is 7.94. The van der Waals surface area contributed by atoms with E-state index in [0.717, 1.165) is 17.1 Å². The van der Waals surface area contributed by atoms with Gasteiger partial charge in [0.15, 0.2) is 5.13 Å². The van der Waals surface area contributed by atoms with E-state index in [1.165, 1.54) is 22.7 Å². The van der Waals surface area contributed by atoms with E-state index in [1.807, 2.05) is 32.2 Å². The van der Waals surface area contributed by atoms with Gasteiger partial charge in [-0.2, -0.15) is 0 Å². The van der Waals surface area contributed by atoms with E-state index in [9.17, 15) is 8.42 Å². The zero-order valence-electron chi connectivity index (χ0n) is 12.2. The molecule has 0 saturated carbocycles. The third kappa shape index (κ3) is 4.26. The highest BCUT2D eigenvalue weighted by Gasteiger charge is 2.19. The van der Waals surface area contributed by atoms with Crippen LogP contribution >= 0.6 is 22.7 Å². The van der Waals surface area contributed by atoms with Gasteiger partial charge in [0.25, 0.3) is 10.0 Å². The van der Waals surface area contributed by atoms with Gasteiger partial charge in [-0.3, -0.25) is 4.72 Å². The van der Waals surface area contributed by atoms with Gasteiger partial charge in [-0.1, -0.05) is 20.8 Å². The predicted molar refractivity (Wildman–Crippen MR) is 88.7 cm³/mol. The molecule has 2 N–H and O–H groups in total. The Balaban J connectivity index is 2.11. The molecular formula is C13H19N3O2S3. The van der Waals surface area contributed by atoms with Gasteiger partial charge in [0.1, 0.15) is 4.21 Å². The van der Waals surface area contributed by atoms with Crippen molar-refractivity contribution in [2.45, 2.75) is 37.4 Å². The number of hydrogen-bond donors (Lipinski definition) is 2. The lowest BCUT2D eigenvalue weighted by molar-refractivity contribution is 0.603. The van der Waals surface area contributed by atoms with Crippen molar-refractivity contribution in [3.63, 3.8) is 0 Å². The normalized spacial score (nSPS) is 12.0. The first-order valence-corrected chi connectivity index (χ1v) is 9.88. The van der Waals surface area contributed by atoms with Crippen LogP contribution in [-0.2, 0) is 16.6 Å². The molecular weight excluding hydrogens is 326 g/mol. The number of nitrogens with one attached hydrogen (secondary N) is 2. The van der Waals surface area contributed by atoms with E-state index in [2.05, 4.69) is 15.0 Å². The summed E-state index contributed by atoms with van der Waals surface area (Å²) in [7, 11) is -3.54. The smallest absolute Gasteiger partial charge is 0.273 e. The standard InChI is InChI=1S/C13H19N3O2S3/c1-4-14-7-10-5-6-12(20-10)21(17,18)16-13-15-11(8-19-13)9(2)3/h5-6,8-9,14H,4,7H2,1-3H3,(H,15,16). The Kier molecular flexibility index (Phi) is 5.37. The molecule has 0 radical (unpaired) electrons. The van der Waals surface area contributed by atoms with Gasteiger partial charge >= 0.3 is 0 Å². The number of thiophene rings is 1. The van der Waals surface area contributed by atoms with Crippen molar-refractivity contribution in [2.24, 2.45) is 0 Å². The van der Waals surface area contributed by atoms with Crippen molar-refractivity contribution in [3.05, 3.63) is 28.1 Å². The maximum absolute atomic E-state index is 12.3. The summed E-state index contributed by atoms with van der Waals surface area (Å²) in [5.74, 6) is 0.285. The van der Waals surface area contributed by atoms with Crippen LogP contribution in [0.25, 0.3) is 0 Å². The van der Waals surface area contributed by atoms with Crippen molar-refractivity contribution in [3.8, 4) is 0 Å². The molecule has 21 heavy (non-hydrogen) atoms. The number of hydrogen-bond acceptors (Lipinski definition) is 6. The van der Waals surface area contributed by atoms with Crippen molar-refractivity contribution in [1.82, 2.24) is 10.3 Å². The van der Waals surface area contributed by atoms with Crippen LogP contribution in [-0.4, -0.2) is 19.9 Å². The quantitative estimate of drug-likeness (QED) is 0.808. The van der Waals surface area contributed by atoms with Gasteiger partial charge in [-0.15, -0.1) is 22.7 Å². The second-order valence-electron chi connectivity index (χ2n) is 4.84. The highest BCUT2D eigenvalue weighted by atomic mass is 32.2. The van der Waals surface area contributed by atoms with Crippen molar-refractivity contribution < 1.29 is 8.42 Å². The molecule has 2 rings (SSSR count). The number of nitrogens with zero attached hydrogens (tertiary/aromatic N) is 1. The first kappa shape index (κ1) is 16.4. The second kappa shape index (κ2) is 6.87. The summed E-state index contributed by atoms with van der Waals surface area (Å²) in [6, 6.07) is 3.47. The Morgan fingerprint density at radius 3 is 2.71 bits per heavy atom. The van der Waals surface area contributed by atoms with Crippen LogP contribution in [0, 0.1) is 0 Å². The third-order valence-electron chi connectivity index (χ3n) is 2.79. The summed E-state index contributed by atoms with van der Waals surface area (Å²) in [6.07, 6.45) is 0. The lowest BCUT2D eigenvalue weighted by Gasteiger charge is -2.02. The Hall–Kier alpha value is -0.960. The second-order valence-corrected chi connectivity index (χ2v) is 8.77.